The first kappa shape index (κ1) is 19.2. The molecule has 0 saturated carbocycles. The van der Waals surface area contributed by atoms with Crippen molar-refractivity contribution >= 4 is 17.6 Å². The number of nitrogens with one attached hydrogen (secondary N) is 1. The standard InChI is InChI=1S/C18H27N7O2/c1-10(2)22-17(27)15-7-13(19)8-24(15)16(26)6-5-14-11(3)23-18-20-9-21-25(18)12(14)4/h9-10,13,15H,5-8,19H2,1-4H3,(H,22,27)/t13-,15-/m0/s1. The Morgan fingerprint density at radius 2 is 2.11 bits per heavy atom. The van der Waals surface area contributed by atoms with Crippen molar-refractivity contribution in [3.8, 4) is 0 Å². The van der Waals surface area contributed by atoms with Crippen LogP contribution in [0.15, 0.2) is 6.33 Å². The molecule has 1 aliphatic heterocycles. The monoisotopic (exact) mass is 373 g/mol. The highest BCUT2D eigenvalue weighted by atomic mass is 16.2. The molecule has 2 aromatic heterocycles. The molecule has 1 aliphatic rings. The van der Waals surface area contributed by atoms with Crippen LogP contribution in [0.2, 0.25) is 0 Å². The SMILES string of the molecule is Cc1nc2ncnn2c(C)c1CCC(=O)N1C[C@@H](N)C[C@H]1C(=O)NC(C)C. The Kier molecular flexibility index (Phi) is 5.41. The summed E-state index contributed by atoms with van der Waals surface area (Å²) in [6.07, 6.45) is 2.79. The minimum absolute atomic E-state index is 0.0251. The fourth-order valence-corrected chi connectivity index (χ4v) is 3.67. The number of hydrogen-bond acceptors (Lipinski definition) is 6. The molecule has 146 valence electrons. The molecule has 1 saturated heterocycles. The predicted octanol–water partition coefficient (Wildman–Crippen LogP) is 0.127. The third-order valence-corrected chi connectivity index (χ3v) is 4.96. The number of nitrogens with two attached hydrogens (primary N) is 1. The van der Waals surface area contributed by atoms with Crippen LogP contribution in [0.1, 0.15) is 43.6 Å². The van der Waals surface area contributed by atoms with Crippen LogP contribution < -0.4 is 11.1 Å². The summed E-state index contributed by atoms with van der Waals surface area (Å²) < 4.78 is 1.68. The third kappa shape index (κ3) is 3.92. The van der Waals surface area contributed by atoms with Gasteiger partial charge in [0.05, 0.1) is 0 Å². The van der Waals surface area contributed by atoms with Gasteiger partial charge in [-0.05, 0) is 46.1 Å². The quantitative estimate of drug-likeness (QED) is 0.769. The molecule has 0 bridgehead atoms. The van der Waals surface area contributed by atoms with Gasteiger partial charge in [0.25, 0.3) is 5.78 Å². The van der Waals surface area contributed by atoms with E-state index in [1.807, 2.05) is 27.7 Å². The second-order valence-electron chi connectivity index (χ2n) is 7.45. The zero-order chi connectivity index (χ0) is 19.7. The van der Waals surface area contributed by atoms with E-state index >= 15 is 0 Å². The number of nitrogens with zero attached hydrogens (tertiary/aromatic N) is 5. The van der Waals surface area contributed by atoms with Gasteiger partial charge in [-0.2, -0.15) is 10.1 Å². The van der Waals surface area contributed by atoms with Crippen molar-refractivity contribution in [1.82, 2.24) is 29.8 Å². The van der Waals surface area contributed by atoms with Crippen LogP contribution in [0.4, 0.5) is 0 Å². The Morgan fingerprint density at radius 3 is 2.81 bits per heavy atom. The maximum Gasteiger partial charge on any atom is 0.252 e. The minimum Gasteiger partial charge on any atom is -0.352 e. The van der Waals surface area contributed by atoms with E-state index in [0.717, 1.165) is 17.0 Å². The summed E-state index contributed by atoms with van der Waals surface area (Å²) >= 11 is 0. The lowest BCUT2D eigenvalue weighted by Crippen LogP contribution is -2.47. The van der Waals surface area contributed by atoms with Gasteiger partial charge in [0.15, 0.2) is 0 Å². The number of carbonyl (C=O) groups is 2. The fourth-order valence-electron chi connectivity index (χ4n) is 3.67. The molecule has 9 heteroatoms. The number of fused-ring (bicyclic) bond motifs is 1. The van der Waals surface area contributed by atoms with Gasteiger partial charge in [0.1, 0.15) is 12.4 Å². The fraction of sp³-hybridized carbons (Fsp3) is 0.611. The smallest absolute Gasteiger partial charge is 0.252 e. The highest BCUT2D eigenvalue weighted by Gasteiger charge is 2.38. The first-order valence-corrected chi connectivity index (χ1v) is 9.29. The molecule has 0 unspecified atom stereocenters. The lowest BCUT2D eigenvalue weighted by Gasteiger charge is -2.25. The third-order valence-electron chi connectivity index (χ3n) is 4.96. The molecular weight excluding hydrogens is 346 g/mol. The van der Waals surface area contributed by atoms with Crippen molar-refractivity contribution in [3.05, 3.63) is 23.3 Å². The molecule has 0 aromatic carbocycles. The summed E-state index contributed by atoms with van der Waals surface area (Å²) in [5, 5.41) is 7.06. The highest BCUT2D eigenvalue weighted by Crippen LogP contribution is 2.20. The van der Waals surface area contributed by atoms with Gasteiger partial charge in [0.2, 0.25) is 11.8 Å². The van der Waals surface area contributed by atoms with E-state index in [1.54, 1.807) is 9.42 Å². The number of amides is 2. The summed E-state index contributed by atoms with van der Waals surface area (Å²) in [5.41, 5.74) is 8.77. The number of hydrogen-bond donors (Lipinski definition) is 2. The molecule has 2 amide bonds. The molecule has 2 aromatic rings. The van der Waals surface area contributed by atoms with Crippen LogP contribution in [-0.2, 0) is 16.0 Å². The van der Waals surface area contributed by atoms with Gasteiger partial charge in [-0.1, -0.05) is 0 Å². The van der Waals surface area contributed by atoms with Gasteiger partial charge >= 0.3 is 0 Å². The predicted molar refractivity (Wildman–Crippen MR) is 99.9 cm³/mol. The van der Waals surface area contributed by atoms with Gasteiger partial charge in [-0.25, -0.2) is 9.50 Å². The van der Waals surface area contributed by atoms with E-state index in [4.69, 9.17) is 5.73 Å². The van der Waals surface area contributed by atoms with Crippen LogP contribution in [-0.4, -0.2) is 61.0 Å². The molecule has 27 heavy (non-hydrogen) atoms. The Bertz CT molecular complexity index is 861. The van der Waals surface area contributed by atoms with Gasteiger partial charge in [-0.15, -0.1) is 0 Å². The van der Waals surface area contributed by atoms with E-state index in [1.165, 1.54) is 6.33 Å². The Hall–Kier alpha value is -2.55. The summed E-state index contributed by atoms with van der Waals surface area (Å²) in [6, 6.07) is -0.640. The summed E-state index contributed by atoms with van der Waals surface area (Å²) in [5.74, 6) is 0.352. The Labute approximate surface area is 158 Å². The Morgan fingerprint density at radius 1 is 1.37 bits per heavy atom. The van der Waals surface area contributed by atoms with Gasteiger partial charge in [0, 0.05) is 36.4 Å². The molecule has 2 atom stereocenters. The molecule has 0 spiro atoms. The van der Waals surface area contributed by atoms with E-state index in [9.17, 15) is 9.59 Å². The van der Waals surface area contributed by atoms with Crippen molar-refractivity contribution in [2.75, 3.05) is 6.54 Å². The molecule has 3 N–H and O–H groups in total. The largest absolute Gasteiger partial charge is 0.352 e. The van der Waals surface area contributed by atoms with Crippen LogP contribution >= 0.6 is 0 Å². The van der Waals surface area contributed by atoms with E-state index in [2.05, 4.69) is 20.4 Å². The second kappa shape index (κ2) is 7.59. The number of aryl methyl sites for hydroxylation is 2. The zero-order valence-corrected chi connectivity index (χ0v) is 16.3. The number of aromatic nitrogens is 4. The summed E-state index contributed by atoms with van der Waals surface area (Å²) in [6.45, 7) is 8.07. The lowest BCUT2D eigenvalue weighted by molar-refractivity contribution is -0.138. The first-order valence-electron chi connectivity index (χ1n) is 9.29. The summed E-state index contributed by atoms with van der Waals surface area (Å²) in [4.78, 5) is 35.4. The van der Waals surface area contributed by atoms with Gasteiger partial charge < -0.3 is 16.0 Å². The van der Waals surface area contributed by atoms with Crippen LogP contribution in [0.25, 0.3) is 5.78 Å². The molecule has 3 rings (SSSR count). The summed E-state index contributed by atoms with van der Waals surface area (Å²) in [7, 11) is 0. The van der Waals surface area contributed by atoms with Crippen molar-refractivity contribution < 1.29 is 9.59 Å². The van der Waals surface area contributed by atoms with Crippen molar-refractivity contribution in [2.45, 2.75) is 65.1 Å². The molecule has 9 nitrogen and oxygen atoms in total. The second-order valence-corrected chi connectivity index (χ2v) is 7.45. The lowest BCUT2D eigenvalue weighted by atomic mass is 10.1. The number of rotatable bonds is 5. The van der Waals surface area contributed by atoms with Crippen LogP contribution in [0, 0.1) is 13.8 Å². The highest BCUT2D eigenvalue weighted by molar-refractivity contribution is 5.88. The zero-order valence-electron chi connectivity index (χ0n) is 16.3. The minimum atomic E-state index is -0.493. The molecular formula is C18H27N7O2. The molecule has 1 fully saturated rings. The van der Waals surface area contributed by atoms with E-state index in [-0.39, 0.29) is 23.9 Å². The molecule has 0 radical (unpaired) electrons. The maximum absolute atomic E-state index is 12.8. The average molecular weight is 373 g/mol. The van der Waals surface area contributed by atoms with Crippen molar-refractivity contribution in [2.24, 2.45) is 5.73 Å². The van der Waals surface area contributed by atoms with Crippen molar-refractivity contribution in [1.29, 1.82) is 0 Å². The topological polar surface area (TPSA) is 119 Å². The molecule has 0 aliphatic carbocycles. The number of likely N-dealkylation sites (tertiary alicyclic amines) is 1. The normalized spacial score (nSPS) is 19.9. The van der Waals surface area contributed by atoms with E-state index in [0.29, 0.717) is 31.6 Å². The van der Waals surface area contributed by atoms with Crippen LogP contribution in [0.3, 0.4) is 0 Å². The van der Waals surface area contributed by atoms with Crippen molar-refractivity contribution in [3.63, 3.8) is 0 Å². The number of carbonyl (C=O) groups excluding carboxylic acids is 2. The van der Waals surface area contributed by atoms with Crippen LogP contribution in [0.5, 0.6) is 0 Å². The molecule has 3 heterocycles. The van der Waals surface area contributed by atoms with Gasteiger partial charge in [-0.3, -0.25) is 9.59 Å². The first-order chi connectivity index (χ1) is 12.8. The van der Waals surface area contributed by atoms with E-state index < -0.39 is 6.04 Å². The Balaban J connectivity index is 1.72. The maximum atomic E-state index is 12.8. The average Bonchev–Trinajstić information content (AvgIpc) is 3.20.